The molecule has 6 heteroatoms. The molecule has 1 unspecified atom stereocenters. The first-order valence-electron chi connectivity index (χ1n) is 5.90. The fourth-order valence-electron chi connectivity index (χ4n) is 1.40. The van der Waals surface area contributed by atoms with Gasteiger partial charge in [-0.05, 0) is 30.7 Å². The second-order valence-corrected chi connectivity index (χ2v) is 4.28. The largest absolute Gasteiger partial charge is 0.480 e. The van der Waals surface area contributed by atoms with Crippen LogP contribution in [0.2, 0.25) is 0 Å². The number of aliphatic carboxylic acids is 1. The number of carbonyl (C=O) groups is 3. The van der Waals surface area contributed by atoms with E-state index in [0.29, 0.717) is 11.1 Å². The van der Waals surface area contributed by atoms with Gasteiger partial charge < -0.3 is 15.7 Å². The van der Waals surface area contributed by atoms with E-state index in [0.717, 1.165) is 4.90 Å². The van der Waals surface area contributed by atoms with Gasteiger partial charge in [0.15, 0.2) is 0 Å². The van der Waals surface area contributed by atoms with Crippen molar-refractivity contribution in [3.63, 3.8) is 0 Å². The van der Waals surface area contributed by atoms with Gasteiger partial charge in [-0.15, -0.1) is 0 Å². The van der Waals surface area contributed by atoms with E-state index in [1.54, 1.807) is 24.3 Å². The molecule has 6 nitrogen and oxygen atoms in total. The van der Waals surface area contributed by atoms with Crippen molar-refractivity contribution in [2.75, 3.05) is 7.05 Å². The Balaban J connectivity index is 2.74. The fourth-order valence-corrected chi connectivity index (χ4v) is 1.40. The molecule has 0 aliphatic carbocycles. The summed E-state index contributed by atoms with van der Waals surface area (Å²) in [5.74, 6) is -2.01. The summed E-state index contributed by atoms with van der Waals surface area (Å²) in [6.45, 7) is 1.43. The Hall–Kier alpha value is -2.63. The monoisotopic (exact) mass is 276 g/mol. The Morgan fingerprint density at radius 2 is 1.80 bits per heavy atom. The van der Waals surface area contributed by atoms with Gasteiger partial charge in [-0.2, -0.15) is 0 Å². The number of carboxylic acids is 1. The smallest absolute Gasteiger partial charge is 0.326 e. The van der Waals surface area contributed by atoms with Gasteiger partial charge >= 0.3 is 5.97 Å². The highest BCUT2D eigenvalue weighted by Gasteiger charge is 2.19. The molecule has 0 heterocycles. The Bertz CT molecular complexity index is 549. The first kappa shape index (κ1) is 15.4. The molecule has 0 bridgehead atoms. The molecule has 0 aliphatic rings. The highest BCUT2D eigenvalue weighted by atomic mass is 16.4. The molecule has 3 N–H and O–H groups in total. The van der Waals surface area contributed by atoms with E-state index < -0.39 is 23.8 Å². The van der Waals surface area contributed by atoms with Crippen LogP contribution in [0.5, 0.6) is 0 Å². The number of hydrogen-bond donors (Lipinski definition) is 2. The maximum atomic E-state index is 11.7. The van der Waals surface area contributed by atoms with Crippen molar-refractivity contribution < 1.29 is 19.5 Å². The Morgan fingerprint density at radius 1 is 1.25 bits per heavy atom. The summed E-state index contributed by atoms with van der Waals surface area (Å²) < 4.78 is 0. The van der Waals surface area contributed by atoms with E-state index in [1.807, 2.05) is 0 Å². The van der Waals surface area contributed by atoms with Crippen LogP contribution in [-0.4, -0.2) is 40.9 Å². The summed E-state index contributed by atoms with van der Waals surface area (Å²) in [7, 11) is 1.42. The molecule has 0 aliphatic heterocycles. The van der Waals surface area contributed by atoms with Crippen molar-refractivity contribution in [3.8, 4) is 0 Å². The molecule has 0 saturated carbocycles. The lowest BCUT2D eigenvalue weighted by Crippen LogP contribution is -2.39. The number of benzene rings is 1. The molecular weight excluding hydrogens is 260 g/mol. The zero-order valence-electron chi connectivity index (χ0n) is 11.2. The minimum atomic E-state index is -1.07. The normalized spacial score (nSPS) is 12.1. The third kappa shape index (κ3) is 3.94. The lowest BCUT2D eigenvalue weighted by Gasteiger charge is -2.19. The van der Waals surface area contributed by atoms with Crippen LogP contribution in [-0.2, 0) is 9.59 Å². The van der Waals surface area contributed by atoms with E-state index in [4.69, 9.17) is 10.8 Å². The molecule has 1 aromatic carbocycles. The lowest BCUT2D eigenvalue weighted by atomic mass is 10.1. The maximum Gasteiger partial charge on any atom is 0.326 e. The molecule has 1 aromatic rings. The number of primary amides is 1. The van der Waals surface area contributed by atoms with Crippen LogP contribution < -0.4 is 5.73 Å². The van der Waals surface area contributed by atoms with Crippen LogP contribution in [0.1, 0.15) is 22.8 Å². The first-order chi connectivity index (χ1) is 9.32. The van der Waals surface area contributed by atoms with Gasteiger partial charge in [0.1, 0.15) is 6.04 Å². The van der Waals surface area contributed by atoms with Gasteiger partial charge in [0, 0.05) is 18.7 Å². The molecule has 0 radical (unpaired) electrons. The van der Waals surface area contributed by atoms with Crippen LogP contribution in [0.25, 0.3) is 6.08 Å². The Labute approximate surface area is 116 Å². The maximum absolute atomic E-state index is 11.7. The van der Waals surface area contributed by atoms with Gasteiger partial charge in [0.2, 0.25) is 11.8 Å². The van der Waals surface area contributed by atoms with Gasteiger partial charge in [-0.1, -0.05) is 12.1 Å². The number of carbonyl (C=O) groups excluding carboxylic acids is 2. The first-order valence-corrected chi connectivity index (χ1v) is 5.90. The van der Waals surface area contributed by atoms with Crippen molar-refractivity contribution in [1.82, 2.24) is 4.90 Å². The van der Waals surface area contributed by atoms with E-state index in [-0.39, 0.29) is 0 Å². The number of rotatable bonds is 5. The molecule has 0 aromatic heterocycles. The van der Waals surface area contributed by atoms with Gasteiger partial charge in [-0.3, -0.25) is 9.59 Å². The van der Waals surface area contributed by atoms with Crippen LogP contribution in [0.3, 0.4) is 0 Å². The van der Waals surface area contributed by atoms with Crippen LogP contribution >= 0.6 is 0 Å². The van der Waals surface area contributed by atoms with E-state index >= 15 is 0 Å². The van der Waals surface area contributed by atoms with Crippen molar-refractivity contribution in [3.05, 3.63) is 41.5 Å². The predicted molar refractivity (Wildman–Crippen MR) is 73.9 cm³/mol. The number of carboxylic acid groups (broad SMARTS) is 1. The average Bonchev–Trinajstić information content (AvgIpc) is 2.43. The second-order valence-electron chi connectivity index (χ2n) is 4.28. The number of amides is 2. The van der Waals surface area contributed by atoms with E-state index in [2.05, 4.69) is 0 Å². The third-order valence-electron chi connectivity index (χ3n) is 2.90. The number of likely N-dealkylation sites (N-methyl/N-ethyl adjacent to an activating group) is 1. The average molecular weight is 276 g/mol. The summed E-state index contributed by atoms with van der Waals surface area (Å²) in [5.41, 5.74) is 6.20. The quantitative estimate of drug-likeness (QED) is 0.774. The van der Waals surface area contributed by atoms with Gasteiger partial charge in [0.05, 0.1) is 0 Å². The molecule has 106 valence electrons. The highest BCUT2D eigenvalue weighted by Crippen LogP contribution is 2.06. The molecule has 20 heavy (non-hydrogen) atoms. The number of nitrogens with two attached hydrogens (primary N) is 1. The summed E-state index contributed by atoms with van der Waals surface area (Å²) >= 11 is 0. The molecule has 0 fully saturated rings. The summed E-state index contributed by atoms with van der Waals surface area (Å²) in [6.07, 6.45) is 2.82. The molecule has 2 amide bonds. The van der Waals surface area contributed by atoms with E-state index in [1.165, 1.54) is 26.1 Å². The van der Waals surface area contributed by atoms with Gasteiger partial charge in [-0.25, -0.2) is 4.79 Å². The van der Waals surface area contributed by atoms with Crippen molar-refractivity contribution in [2.24, 2.45) is 5.73 Å². The summed E-state index contributed by atoms with van der Waals surface area (Å²) in [5, 5.41) is 8.81. The zero-order valence-corrected chi connectivity index (χ0v) is 11.2. The topological polar surface area (TPSA) is 101 Å². The minimum absolute atomic E-state index is 0.380. The lowest BCUT2D eigenvalue weighted by molar-refractivity contribution is -0.146. The van der Waals surface area contributed by atoms with Gasteiger partial charge in [0.25, 0.3) is 0 Å². The van der Waals surface area contributed by atoms with Crippen LogP contribution in [0.15, 0.2) is 30.3 Å². The van der Waals surface area contributed by atoms with E-state index in [9.17, 15) is 14.4 Å². The standard InChI is InChI=1S/C14H16N2O4/c1-9(14(19)20)16(2)12(17)8-5-10-3-6-11(7-4-10)13(15)18/h3-9H,1-2H3,(H2,15,18)(H,19,20). The summed E-state index contributed by atoms with van der Waals surface area (Å²) in [6, 6.07) is 5.49. The Morgan fingerprint density at radius 3 is 2.25 bits per heavy atom. The predicted octanol–water partition coefficient (Wildman–Crippen LogP) is 0.730. The molecule has 1 rings (SSSR count). The fraction of sp³-hybridized carbons (Fsp3) is 0.214. The molecule has 1 atom stereocenters. The molecular formula is C14H16N2O4. The number of nitrogens with zero attached hydrogens (tertiary/aromatic N) is 1. The molecule has 0 saturated heterocycles. The minimum Gasteiger partial charge on any atom is -0.480 e. The second kappa shape index (κ2) is 6.51. The Kier molecular flexibility index (Phi) is 5.02. The zero-order chi connectivity index (χ0) is 15.3. The summed E-state index contributed by atoms with van der Waals surface area (Å²) in [4.78, 5) is 34.5. The number of hydrogen-bond acceptors (Lipinski definition) is 3. The van der Waals surface area contributed by atoms with Crippen LogP contribution in [0.4, 0.5) is 0 Å². The van der Waals surface area contributed by atoms with Crippen molar-refractivity contribution in [2.45, 2.75) is 13.0 Å². The third-order valence-corrected chi connectivity index (χ3v) is 2.90. The van der Waals surface area contributed by atoms with Crippen molar-refractivity contribution >= 4 is 23.9 Å². The van der Waals surface area contributed by atoms with Crippen LogP contribution in [0, 0.1) is 0 Å². The van der Waals surface area contributed by atoms with Crippen molar-refractivity contribution in [1.29, 1.82) is 0 Å². The molecule has 0 spiro atoms. The highest BCUT2D eigenvalue weighted by molar-refractivity contribution is 5.95. The SMILES string of the molecule is CC(C(=O)O)N(C)C(=O)C=Cc1ccc(C(N)=O)cc1.